The van der Waals surface area contributed by atoms with Gasteiger partial charge in [0.2, 0.25) is 0 Å². The molecule has 0 saturated heterocycles. The van der Waals surface area contributed by atoms with E-state index in [1.807, 2.05) is 6.92 Å². The maximum absolute atomic E-state index is 12.3. The number of nitrogens with zero attached hydrogens (tertiary/aromatic N) is 3. The Hall–Kier alpha value is -1.89. The van der Waals surface area contributed by atoms with Gasteiger partial charge in [-0.1, -0.05) is 6.92 Å². The summed E-state index contributed by atoms with van der Waals surface area (Å²) >= 11 is 0. The van der Waals surface area contributed by atoms with Crippen molar-refractivity contribution in [1.29, 1.82) is 0 Å². The van der Waals surface area contributed by atoms with Crippen molar-refractivity contribution in [2.24, 2.45) is 0 Å². The number of rotatable bonds is 5. The molecule has 0 bridgehead atoms. The largest absolute Gasteiger partial charge is 0.393 e. The number of imidazole rings is 1. The lowest BCUT2D eigenvalue weighted by Gasteiger charge is -2.11. The fraction of sp³-hybridized carbons (Fsp3) is 0.583. The smallest absolute Gasteiger partial charge is 0.332 e. The second kappa shape index (κ2) is 5.40. The van der Waals surface area contributed by atoms with Gasteiger partial charge in [-0.2, -0.15) is 0 Å². The summed E-state index contributed by atoms with van der Waals surface area (Å²) in [6, 6.07) is 0. The van der Waals surface area contributed by atoms with Gasteiger partial charge < -0.3 is 10.1 Å². The molecule has 2 rings (SSSR count). The topological polar surface area (TPSA) is 92.9 Å². The molecule has 0 radical (unpaired) electrons. The molecule has 0 aliphatic carbocycles. The Morgan fingerprint density at radius 1 is 1.37 bits per heavy atom. The third-order valence-electron chi connectivity index (χ3n) is 3.01. The standard InChI is InChI=1S/C12H18N4O3/c1-3-5-15-10-9(13-7-14-10)11(18)16(12(15)19)6-4-8(2)17/h7-8,17H,3-6H2,1-2H3,(H,13,14). The van der Waals surface area contributed by atoms with Crippen LogP contribution in [0.5, 0.6) is 0 Å². The Morgan fingerprint density at radius 2 is 2.11 bits per heavy atom. The predicted molar refractivity (Wildman–Crippen MR) is 71.2 cm³/mol. The quantitative estimate of drug-likeness (QED) is 0.800. The molecule has 2 heterocycles. The molecule has 0 fully saturated rings. The van der Waals surface area contributed by atoms with Gasteiger partial charge in [-0.15, -0.1) is 0 Å². The second-order valence-corrected chi connectivity index (χ2v) is 4.63. The molecule has 0 aliphatic heterocycles. The molecule has 0 spiro atoms. The van der Waals surface area contributed by atoms with Crippen LogP contribution >= 0.6 is 0 Å². The summed E-state index contributed by atoms with van der Waals surface area (Å²) in [5.74, 6) is 0. The summed E-state index contributed by atoms with van der Waals surface area (Å²) in [7, 11) is 0. The van der Waals surface area contributed by atoms with E-state index in [4.69, 9.17) is 0 Å². The number of aromatic nitrogens is 4. The molecule has 0 saturated carbocycles. The Morgan fingerprint density at radius 3 is 2.74 bits per heavy atom. The van der Waals surface area contributed by atoms with Crippen LogP contribution in [0.4, 0.5) is 0 Å². The number of aliphatic hydroxyl groups excluding tert-OH is 1. The molecular formula is C12H18N4O3. The molecule has 7 heteroatoms. The highest BCUT2D eigenvalue weighted by atomic mass is 16.3. The van der Waals surface area contributed by atoms with E-state index in [9.17, 15) is 14.7 Å². The van der Waals surface area contributed by atoms with Crippen molar-refractivity contribution >= 4 is 11.2 Å². The van der Waals surface area contributed by atoms with Crippen LogP contribution in [0.15, 0.2) is 15.9 Å². The van der Waals surface area contributed by atoms with E-state index in [-0.39, 0.29) is 17.8 Å². The van der Waals surface area contributed by atoms with Crippen molar-refractivity contribution in [1.82, 2.24) is 19.1 Å². The van der Waals surface area contributed by atoms with Gasteiger partial charge in [0, 0.05) is 13.1 Å². The van der Waals surface area contributed by atoms with Crippen LogP contribution in [0, 0.1) is 0 Å². The lowest BCUT2D eigenvalue weighted by Crippen LogP contribution is -2.40. The number of aryl methyl sites for hydroxylation is 1. The van der Waals surface area contributed by atoms with Crippen LogP contribution in [0.25, 0.3) is 11.2 Å². The van der Waals surface area contributed by atoms with Crippen molar-refractivity contribution in [3.8, 4) is 0 Å². The average Bonchev–Trinajstić information content (AvgIpc) is 2.83. The molecule has 0 aromatic carbocycles. The van der Waals surface area contributed by atoms with Crippen LogP contribution in [0.3, 0.4) is 0 Å². The maximum Gasteiger partial charge on any atom is 0.332 e. The molecule has 104 valence electrons. The summed E-state index contributed by atoms with van der Waals surface area (Å²) < 4.78 is 2.65. The summed E-state index contributed by atoms with van der Waals surface area (Å²) in [6.45, 7) is 4.30. The van der Waals surface area contributed by atoms with Gasteiger partial charge in [0.25, 0.3) is 5.56 Å². The third-order valence-corrected chi connectivity index (χ3v) is 3.01. The number of hydrogen-bond donors (Lipinski definition) is 2. The van der Waals surface area contributed by atoms with Gasteiger partial charge in [-0.05, 0) is 19.8 Å². The van der Waals surface area contributed by atoms with E-state index in [1.165, 1.54) is 10.9 Å². The monoisotopic (exact) mass is 266 g/mol. The Kier molecular flexibility index (Phi) is 3.84. The Bertz CT molecular complexity index is 680. The first kappa shape index (κ1) is 13.5. The van der Waals surface area contributed by atoms with Crippen LogP contribution in [0.1, 0.15) is 26.7 Å². The first-order valence-corrected chi connectivity index (χ1v) is 6.41. The molecule has 2 N–H and O–H groups in total. The van der Waals surface area contributed by atoms with E-state index in [0.29, 0.717) is 24.1 Å². The zero-order chi connectivity index (χ0) is 14.0. The van der Waals surface area contributed by atoms with Crippen molar-refractivity contribution in [2.75, 3.05) is 0 Å². The summed E-state index contributed by atoms with van der Waals surface area (Å²) in [6.07, 6.45) is 2.00. The minimum absolute atomic E-state index is 0.202. The van der Waals surface area contributed by atoms with Crippen molar-refractivity contribution in [3.05, 3.63) is 27.2 Å². The minimum Gasteiger partial charge on any atom is -0.393 e. The van der Waals surface area contributed by atoms with Gasteiger partial charge >= 0.3 is 5.69 Å². The Balaban J connectivity index is 2.62. The molecule has 1 unspecified atom stereocenters. The van der Waals surface area contributed by atoms with Crippen LogP contribution in [-0.2, 0) is 13.1 Å². The molecule has 1 atom stereocenters. The molecule has 2 aromatic heterocycles. The molecular weight excluding hydrogens is 248 g/mol. The van der Waals surface area contributed by atoms with Crippen LogP contribution in [-0.4, -0.2) is 30.3 Å². The van der Waals surface area contributed by atoms with E-state index < -0.39 is 6.10 Å². The zero-order valence-electron chi connectivity index (χ0n) is 11.1. The summed E-state index contributed by atoms with van der Waals surface area (Å²) in [5.41, 5.74) is -0.0265. The molecule has 0 amide bonds. The van der Waals surface area contributed by atoms with E-state index in [2.05, 4.69) is 9.97 Å². The fourth-order valence-corrected chi connectivity index (χ4v) is 2.05. The number of hydrogen-bond acceptors (Lipinski definition) is 4. The second-order valence-electron chi connectivity index (χ2n) is 4.63. The normalized spacial score (nSPS) is 13.0. The highest BCUT2D eigenvalue weighted by molar-refractivity contribution is 5.68. The highest BCUT2D eigenvalue weighted by Gasteiger charge is 2.14. The highest BCUT2D eigenvalue weighted by Crippen LogP contribution is 2.02. The van der Waals surface area contributed by atoms with Crippen molar-refractivity contribution in [2.45, 2.75) is 45.9 Å². The van der Waals surface area contributed by atoms with Gasteiger partial charge in [-0.3, -0.25) is 13.9 Å². The minimum atomic E-state index is -0.552. The van der Waals surface area contributed by atoms with Crippen molar-refractivity contribution < 1.29 is 5.11 Å². The number of aliphatic hydroxyl groups is 1. The van der Waals surface area contributed by atoms with Crippen LogP contribution < -0.4 is 11.2 Å². The fourth-order valence-electron chi connectivity index (χ4n) is 2.05. The molecule has 7 nitrogen and oxygen atoms in total. The lowest BCUT2D eigenvalue weighted by atomic mass is 10.3. The molecule has 2 aromatic rings. The predicted octanol–water partition coefficient (Wildman–Crippen LogP) is 0.0672. The number of H-pyrrole nitrogens is 1. The maximum atomic E-state index is 12.3. The summed E-state index contributed by atoms with van der Waals surface area (Å²) in [4.78, 5) is 31.3. The van der Waals surface area contributed by atoms with Gasteiger partial charge in [0.1, 0.15) is 5.52 Å². The molecule has 0 aliphatic rings. The number of nitrogens with one attached hydrogen (secondary N) is 1. The van der Waals surface area contributed by atoms with Gasteiger partial charge in [-0.25, -0.2) is 9.78 Å². The lowest BCUT2D eigenvalue weighted by molar-refractivity contribution is 0.176. The van der Waals surface area contributed by atoms with Crippen LogP contribution in [0.2, 0.25) is 0 Å². The van der Waals surface area contributed by atoms with E-state index >= 15 is 0 Å². The van der Waals surface area contributed by atoms with Gasteiger partial charge in [0.15, 0.2) is 5.65 Å². The number of fused-ring (bicyclic) bond motifs is 1. The van der Waals surface area contributed by atoms with E-state index in [1.54, 1.807) is 6.92 Å². The Labute approximate surface area is 109 Å². The van der Waals surface area contributed by atoms with Gasteiger partial charge in [0.05, 0.1) is 12.4 Å². The first-order chi connectivity index (χ1) is 9.06. The third kappa shape index (κ3) is 2.46. The average molecular weight is 266 g/mol. The first-order valence-electron chi connectivity index (χ1n) is 6.41. The van der Waals surface area contributed by atoms with Crippen molar-refractivity contribution in [3.63, 3.8) is 0 Å². The summed E-state index contributed by atoms with van der Waals surface area (Å²) in [5, 5.41) is 9.30. The number of aromatic amines is 1. The molecule has 19 heavy (non-hydrogen) atoms. The SMILES string of the molecule is CCCn1c(=O)n(CCC(C)O)c(=O)c2[nH]cnc21. The van der Waals surface area contributed by atoms with E-state index in [0.717, 1.165) is 11.0 Å². The zero-order valence-corrected chi connectivity index (χ0v) is 11.1.